The van der Waals surface area contributed by atoms with Crippen LogP contribution in [-0.4, -0.2) is 50.1 Å². The van der Waals surface area contributed by atoms with Crippen molar-refractivity contribution in [3.05, 3.63) is 0 Å². The monoisotopic (exact) mass is 366 g/mol. The maximum Gasteiger partial charge on any atom is 0.133 e. The number of hydrogen-bond acceptors (Lipinski definition) is 5. The topological polar surface area (TPSA) is 98.0 Å². The molecule has 4 N–H and O–H groups in total. The Morgan fingerprint density at radius 3 is 2.35 bits per heavy atom. The van der Waals surface area contributed by atoms with Gasteiger partial charge in [-0.15, -0.1) is 0 Å². The molecule has 0 heterocycles. The average Bonchev–Trinajstić information content (AvgIpc) is 2.85. The molecule has 0 aromatic carbocycles. The van der Waals surface area contributed by atoms with E-state index in [0.29, 0.717) is 38.5 Å². The Balaban J connectivity index is 1.74. The maximum absolute atomic E-state index is 12.2. The van der Waals surface area contributed by atoms with Crippen molar-refractivity contribution in [2.24, 2.45) is 28.6 Å². The highest BCUT2D eigenvalue weighted by atomic mass is 16.3. The molecule has 4 saturated carbocycles. The molecule has 26 heavy (non-hydrogen) atoms. The van der Waals surface area contributed by atoms with Crippen LogP contribution in [0.2, 0.25) is 0 Å². The van der Waals surface area contributed by atoms with Crippen LogP contribution in [0, 0.1) is 28.6 Å². The smallest absolute Gasteiger partial charge is 0.133 e. The Morgan fingerprint density at radius 2 is 1.69 bits per heavy atom. The molecule has 0 aromatic heterocycles. The normalized spacial score (nSPS) is 56.4. The molecule has 0 aromatic rings. The lowest BCUT2D eigenvalue weighted by atomic mass is 9.41. The highest BCUT2D eigenvalue weighted by molar-refractivity contribution is 5.80. The van der Waals surface area contributed by atoms with E-state index in [1.807, 2.05) is 0 Å². The van der Waals surface area contributed by atoms with Crippen molar-refractivity contribution in [2.45, 2.75) is 88.9 Å². The molecule has 0 saturated heterocycles. The first kappa shape index (κ1) is 18.9. The number of carbonyl (C=O) groups excluding carboxylic acids is 1. The van der Waals surface area contributed by atoms with Gasteiger partial charge in [0.05, 0.1) is 23.9 Å². The fourth-order valence-electron chi connectivity index (χ4n) is 7.98. The van der Waals surface area contributed by atoms with E-state index in [9.17, 15) is 25.2 Å². The van der Waals surface area contributed by atoms with Crippen LogP contribution in [0.1, 0.15) is 71.6 Å². The number of aliphatic hydroxyl groups excluding tert-OH is 2. The van der Waals surface area contributed by atoms with Crippen molar-refractivity contribution >= 4 is 5.78 Å². The predicted molar refractivity (Wildman–Crippen MR) is 96.2 cm³/mol. The second-order valence-corrected chi connectivity index (χ2v) is 10.1. The summed E-state index contributed by atoms with van der Waals surface area (Å²) in [4.78, 5) is 12.2. The molecule has 0 spiro atoms. The van der Waals surface area contributed by atoms with E-state index in [-0.39, 0.29) is 30.1 Å². The van der Waals surface area contributed by atoms with Crippen LogP contribution in [-0.2, 0) is 4.79 Å². The Morgan fingerprint density at radius 1 is 1.00 bits per heavy atom. The van der Waals surface area contributed by atoms with Gasteiger partial charge in [0.1, 0.15) is 5.78 Å². The molecule has 8 unspecified atom stereocenters. The van der Waals surface area contributed by atoms with Crippen LogP contribution in [0.25, 0.3) is 0 Å². The molecule has 5 nitrogen and oxygen atoms in total. The van der Waals surface area contributed by atoms with Gasteiger partial charge >= 0.3 is 0 Å². The van der Waals surface area contributed by atoms with Crippen LogP contribution in [0.15, 0.2) is 0 Å². The largest absolute Gasteiger partial charge is 0.396 e. The number of hydrogen-bond donors (Lipinski definition) is 4. The molecule has 0 amide bonds. The van der Waals surface area contributed by atoms with Gasteiger partial charge in [-0.25, -0.2) is 0 Å². The van der Waals surface area contributed by atoms with Crippen LogP contribution in [0.3, 0.4) is 0 Å². The zero-order valence-corrected chi connectivity index (χ0v) is 16.1. The van der Waals surface area contributed by atoms with Crippen molar-refractivity contribution < 1.29 is 25.2 Å². The van der Waals surface area contributed by atoms with E-state index in [2.05, 4.69) is 6.92 Å². The SMILES string of the molecule is CC(=O)C1CCC2(O)C3CCC4(O)CC(O)CCC4(CO)C3CCC12C. The minimum absolute atomic E-state index is 0.00766. The molecule has 4 fully saturated rings. The van der Waals surface area contributed by atoms with E-state index in [1.54, 1.807) is 6.92 Å². The van der Waals surface area contributed by atoms with Crippen molar-refractivity contribution in [2.75, 3.05) is 6.61 Å². The fourth-order valence-corrected chi connectivity index (χ4v) is 7.98. The van der Waals surface area contributed by atoms with Gasteiger partial charge in [-0.2, -0.15) is 0 Å². The minimum atomic E-state index is -1.05. The number of aliphatic hydroxyl groups is 4. The van der Waals surface area contributed by atoms with Gasteiger partial charge in [0.2, 0.25) is 0 Å². The van der Waals surface area contributed by atoms with Crippen molar-refractivity contribution in [1.82, 2.24) is 0 Å². The Kier molecular flexibility index (Phi) is 4.17. The summed E-state index contributed by atoms with van der Waals surface area (Å²) in [7, 11) is 0. The third kappa shape index (κ3) is 2.09. The van der Waals surface area contributed by atoms with Gasteiger partial charge in [-0.3, -0.25) is 4.79 Å². The maximum atomic E-state index is 12.2. The summed E-state index contributed by atoms with van der Waals surface area (Å²) >= 11 is 0. The van der Waals surface area contributed by atoms with E-state index in [0.717, 1.165) is 19.3 Å². The Bertz CT molecular complexity index is 607. The first-order valence-electron chi connectivity index (χ1n) is 10.4. The molecule has 8 atom stereocenters. The van der Waals surface area contributed by atoms with Crippen LogP contribution in [0.5, 0.6) is 0 Å². The highest BCUT2D eigenvalue weighted by Gasteiger charge is 2.71. The quantitative estimate of drug-likeness (QED) is 0.597. The fraction of sp³-hybridized carbons (Fsp3) is 0.952. The number of rotatable bonds is 2. The second kappa shape index (κ2) is 5.76. The highest BCUT2D eigenvalue weighted by Crippen LogP contribution is 2.69. The lowest BCUT2D eigenvalue weighted by Crippen LogP contribution is -2.69. The third-order valence-corrected chi connectivity index (χ3v) is 9.42. The molecule has 4 rings (SSSR count). The van der Waals surface area contributed by atoms with Gasteiger partial charge in [-0.1, -0.05) is 6.92 Å². The Hall–Kier alpha value is -0.490. The summed E-state index contributed by atoms with van der Waals surface area (Å²) in [6.45, 7) is 3.63. The molecule has 4 aliphatic carbocycles. The second-order valence-electron chi connectivity index (χ2n) is 10.1. The minimum Gasteiger partial charge on any atom is -0.396 e. The molecular weight excluding hydrogens is 332 g/mol. The van der Waals surface area contributed by atoms with Gasteiger partial charge in [0.15, 0.2) is 0 Å². The zero-order valence-electron chi connectivity index (χ0n) is 16.1. The molecule has 0 radical (unpaired) electrons. The lowest BCUT2D eigenvalue weighted by Gasteiger charge is -2.66. The van der Waals surface area contributed by atoms with Gasteiger partial charge in [-0.05, 0) is 70.1 Å². The van der Waals surface area contributed by atoms with Crippen molar-refractivity contribution in [3.8, 4) is 0 Å². The van der Waals surface area contributed by atoms with Crippen LogP contribution < -0.4 is 0 Å². The van der Waals surface area contributed by atoms with E-state index >= 15 is 0 Å². The molecule has 0 bridgehead atoms. The molecule has 5 heteroatoms. The predicted octanol–water partition coefficient (Wildman–Crippen LogP) is 1.80. The molecule has 148 valence electrons. The van der Waals surface area contributed by atoms with E-state index in [1.165, 1.54) is 0 Å². The summed E-state index contributed by atoms with van der Waals surface area (Å²) in [5.41, 5.74) is -2.99. The Labute approximate surface area is 155 Å². The first-order valence-corrected chi connectivity index (χ1v) is 10.4. The van der Waals surface area contributed by atoms with E-state index < -0.39 is 28.1 Å². The number of ketones is 1. The summed E-state index contributed by atoms with van der Waals surface area (Å²) < 4.78 is 0. The molecular formula is C21H34O5. The number of Topliss-reactive ketones (excluding diaryl/α,β-unsaturated/α-hetero) is 1. The number of fused-ring (bicyclic) bond motifs is 5. The first-order chi connectivity index (χ1) is 12.1. The standard InChI is InChI=1S/C21H34O5/c1-13(23)15-6-10-21(26)17-5-9-20(25)11-14(24)3-8-19(20,12-22)16(17)4-7-18(15,21)2/h14-17,22,24-26H,3-12H2,1-2H3. The van der Waals surface area contributed by atoms with Crippen LogP contribution >= 0.6 is 0 Å². The van der Waals surface area contributed by atoms with Crippen molar-refractivity contribution in [1.29, 1.82) is 0 Å². The van der Waals surface area contributed by atoms with Gasteiger partial charge in [0, 0.05) is 23.2 Å². The van der Waals surface area contributed by atoms with Crippen molar-refractivity contribution in [3.63, 3.8) is 0 Å². The van der Waals surface area contributed by atoms with Crippen LogP contribution in [0.4, 0.5) is 0 Å². The van der Waals surface area contributed by atoms with Gasteiger partial charge < -0.3 is 20.4 Å². The van der Waals surface area contributed by atoms with E-state index in [4.69, 9.17) is 0 Å². The summed E-state index contributed by atoms with van der Waals surface area (Å²) in [5, 5.41) is 43.8. The lowest BCUT2D eigenvalue weighted by molar-refractivity contribution is -0.269. The average molecular weight is 366 g/mol. The zero-order chi connectivity index (χ0) is 19.0. The summed E-state index contributed by atoms with van der Waals surface area (Å²) in [6.07, 6.45) is 5.17. The number of carbonyl (C=O) groups is 1. The molecule has 4 aliphatic rings. The van der Waals surface area contributed by atoms with Gasteiger partial charge in [0.25, 0.3) is 0 Å². The summed E-state index contributed by atoms with van der Waals surface area (Å²) in [5.74, 6) is 0.134. The third-order valence-electron chi connectivity index (χ3n) is 9.42. The summed E-state index contributed by atoms with van der Waals surface area (Å²) in [6, 6.07) is 0. The molecule has 0 aliphatic heterocycles.